The Hall–Kier alpha value is -1.97. The summed E-state index contributed by atoms with van der Waals surface area (Å²) in [6, 6.07) is 4.02. The van der Waals surface area contributed by atoms with Crippen LogP contribution in [0.1, 0.15) is 10.4 Å². The zero-order valence-corrected chi connectivity index (χ0v) is 6.64. The molecule has 0 bridgehead atoms. The normalized spacial score (nSPS) is 13.2. The molecule has 13 heavy (non-hydrogen) atoms. The van der Waals surface area contributed by atoms with Gasteiger partial charge in [0, 0.05) is 10.4 Å². The first-order chi connectivity index (χ1) is 6.19. The molecule has 0 saturated carbocycles. The van der Waals surface area contributed by atoms with Crippen LogP contribution in [0.5, 0.6) is 0 Å². The third-order valence-electron chi connectivity index (χ3n) is 1.61. The molecule has 4 nitrogen and oxygen atoms in total. The highest BCUT2D eigenvalue weighted by Crippen LogP contribution is 1.90. The van der Waals surface area contributed by atoms with Gasteiger partial charge in [-0.1, -0.05) is 6.07 Å². The van der Waals surface area contributed by atoms with Crippen molar-refractivity contribution in [1.29, 1.82) is 0 Å². The Morgan fingerprint density at radius 2 is 1.77 bits per heavy atom. The van der Waals surface area contributed by atoms with E-state index in [0.29, 0.717) is 5.22 Å². The minimum atomic E-state index is -1.08. The Kier molecular flexibility index (Phi) is 2.54. The van der Waals surface area contributed by atoms with Crippen LogP contribution in [0.25, 0.3) is 12.5 Å². The molecular formula is C9H8O4. The number of hydrogen-bond acceptors (Lipinski definition) is 3. The summed E-state index contributed by atoms with van der Waals surface area (Å²) in [5, 5.41) is 26.6. The summed E-state index contributed by atoms with van der Waals surface area (Å²) in [5.74, 6) is -1.08. The van der Waals surface area contributed by atoms with Gasteiger partial charge < -0.3 is 15.3 Å². The summed E-state index contributed by atoms with van der Waals surface area (Å²) in [6.45, 7) is 0. The van der Waals surface area contributed by atoms with Crippen LogP contribution in [0.15, 0.2) is 18.2 Å². The number of aromatic carboxylic acids is 1. The Labute approximate surface area is 73.7 Å². The Bertz CT molecular complexity index is 433. The molecule has 0 spiro atoms. The fourth-order valence-corrected chi connectivity index (χ4v) is 0.937. The van der Waals surface area contributed by atoms with Crippen LogP contribution in [-0.2, 0) is 0 Å². The molecule has 0 unspecified atom stereocenters. The van der Waals surface area contributed by atoms with E-state index in [9.17, 15) is 4.79 Å². The van der Waals surface area contributed by atoms with Crippen molar-refractivity contribution in [2.45, 2.75) is 0 Å². The Morgan fingerprint density at radius 1 is 1.15 bits per heavy atom. The summed E-state index contributed by atoms with van der Waals surface area (Å²) >= 11 is 0. The molecule has 1 aromatic rings. The fourth-order valence-electron chi connectivity index (χ4n) is 0.937. The third-order valence-corrected chi connectivity index (χ3v) is 1.61. The molecule has 0 aliphatic heterocycles. The zero-order chi connectivity index (χ0) is 9.84. The van der Waals surface area contributed by atoms with Crippen LogP contribution < -0.4 is 10.4 Å². The van der Waals surface area contributed by atoms with Crippen LogP contribution in [0.2, 0.25) is 0 Å². The average Bonchev–Trinajstić information content (AvgIpc) is 2.16. The van der Waals surface area contributed by atoms with Crippen LogP contribution in [-0.4, -0.2) is 21.3 Å². The molecule has 0 atom stereocenters. The monoisotopic (exact) mass is 180 g/mol. The second-order valence-corrected chi connectivity index (χ2v) is 2.41. The van der Waals surface area contributed by atoms with Crippen molar-refractivity contribution < 1.29 is 20.1 Å². The van der Waals surface area contributed by atoms with Crippen molar-refractivity contribution in [2.24, 2.45) is 0 Å². The van der Waals surface area contributed by atoms with Crippen LogP contribution in [0.4, 0.5) is 0 Å². The lowest BCUT2D eigenvalue weighted by Crippen LogP contribution is -2.25. The molecule has 0 aliphatic rings. The quantitative estimate of drug-likeness (QED) is 0.567. The second kappa shape index (κ2) is 3.62. The number of benzene rings is 1. The summed E-state index contributed by atoms with van der Waals surface area (Å²) < 4.78 is 0. The minimum absolute atomic E-state index is 0.0610. The van der Waals surface area contributed by atoms with Crippen molar-refractivity contribution in [1.82, 2.24) is 0 Å². The molecule has 0 radical (unpaired) electrons. The molecular weight excluding hydrogens is 172 g/mol. The number of hydrogen-bond donors (Lipinski definition) is 3. The van der Waals surface area contributed by atoms with Gasteiger partial charge in [0.05, 0.1) is 18.1 Å². The first-order valence-corrected chi connectivity index (χ1v) is 3.51. The predicted octanol–water partition coefficient (Wildman–Crippen LogP) is -0.0232. The van der Waals surface area contributed by atoms with E-state index in [1.165, 1.54) is 18.2 Å². The Morgan fingerprint density at radius 3 is 2.23 bits per heavy atom. The van der Waals surface area contributed by atoms with Crippen LogP contribution >= 0.6 is 0 Å². The fraction of sp³-hybridized carbons (Fsp3) is 0. The average molecular weight is 180 g/mol. The smallest absolute Gasteiger partial charge is 0.335 e. The lowest BCUT2D eigenvalue weighted by atomic mass is 10.1. The van der Waals surface area contributed by atoms with Gasteiger partial charge in [-0.05, 0) is 12.1 Å². The molecule has 4 heteroatoms. The molecule has 0 heterocycles. The molecule has 0 amide bonds. The molecule has 0 saturated heterocycles. The first kappa shape index (κ1) is 9.12. The molecule has 1 aromatic carbocycles. The van der Waals surface area contributed by atoms with Gasteiger partial charge in [0.2, 0.25) is 0 Å². The number of rotatable bonds is 1. The summed E-state index contributed by atoms with van der Waals surface area (Å²) in [4.78, 5) is 10.5. The SMILES string of the molecule is O=C(O)c1ccc(=CO)c(=CO)c1. The maximum absolute atomic E-state index is 10.5. The maximum Gasteiger partial charge on any atom is 0.335 e. The van der Waals surface area contributed by atoms with E-state index < -0.39 is 5.97 Å². The highest BCUT2D eigenvalue weighted by Gasteiger charge is 2.00. The van der Waals surface area contributed by atoms with E-state index in [2.05, 4.69) is 0 Å². The highest BCUT2D eigenvalue weighted by molar-refractivity contribution is 5.87. The van der Waals surface area contributed by atoms with Crippen LogP contribution in [0, 0.1) is 0 Å². The maximum atomic E-state index is 10.5. The van der Waals surface area contributed by atoms with Crippen molar-refractivity contribution in [3.63, 3.8) is 0 Å². The van der Waals surface area contributed by atoms with E-state index in [0.717, 1.165) is 12.5 Å². The highest BCUT2D eigenvalue weighted by atomic mass is 16.4. The van der Waals surface area contributed by atoms with Gasteiger partial charge >= 0.3 is 5.97 Å². The van der Waals surface area contributed by atoms with Gasteiger partial charge in [-0.2, -0.15) is 0 Å². The summed E-state index contributed by atoms with van der Waals surface area (Å²) in [6.07, 6.45) is 1.54. The molecule has 68 valence electrons. The van der Waals surface area contributed by atoms with E-state index in [-0.39, 0.29) is 10.8 Å². The minimum Gasteiger partial charge on any atom is -0.515 e. The molecule has 3 N–H and O–H groups in total. The van der Waals surface area contributed by atoms with Crippen molar-refractivity contribution in [3.05, 3.63) is 34.2 Å². The summed E-state index contributed by atoms with van der Waals surface area (Å²) in [5.41, 5.74) is 0.0610. The van der Waals surface area contributed by atoms with E-state index in [4.69, 9.17) is 15.3 Å². The largest absolute Gasteiger partial charge is 0.515 e. The molecule has 1 rings (SSSR count). The predicted molar refractivity (Wildman–Crippen MR) is 46.8 cm³/mol. The van der Waals surface area contributed by atoms with Gasteiger partial charge in [0.15, 0.2) is 0 Å². The number of aliphatic hydroxyl groups is 2. The topological polar surface area (TPSA) is 77.8 Å². The number of carboxylic acid groups (broad SMARTS) is 1. The zero-order valence-electron chi connectivity index (χ0n) is 6.64. The first-order valence-electron chi connectivity index (χ1n) is 3.51. The van der Waals surface area contributed by atoms with Gasteiger partial charge in [0.1, 0.15) is 0 Å². The van der Waals surface area contributed by atoms with Crippen molar-refractivity contribution in [2.75, 3.05) is 0 Å². The van der Waals surface area contributed by atoms with Gasteiger partial charge in [-0.25, -0.2) is 4.79 Å². The van der Waals surface area contributed by atoms with E-state index >= 15 is 0 Å². The number of aliphatic hydroxyl groups excluding tert-OH is 2. The van der Waals surface area contributed by atoms with Gasteiger partial charge in [-0.3, -0.25) is 0 Å². The van der Waals surface area contributed by atoms with E-state index in [1.54, 1.807) is 0 Å². The number of carbonyl (C=O) groups is 1. The number of carboxylic acids is 1. The van der Waals surface area contributed by atoms with Crippen molar-refractivity contribution in [3.8, 4) is 0 Å². The van der Waals surface area contributed by atoms with Crippen LogP contribution in [0.3, 0.4) is 0 Å². The second-order valence-electron chi connectivity index (χ2n) is 2.41. The molecule has 0 fully saturated rings. The lowest BCUT2D eigenvalue weighted by Gasteiger charge is -1.93. The molecule has 0 aromatic heterocycles. The van der Waals surface area contributed by atoms with E-state index in [1.807, 2.05) is 0 Å². The summed E-state index contributed by atoms with van der Waals surface area (Å²) in [7, 11) is 0. The third kappa shape index (κ3) is 1.79. The van der Waals surface area contributed by atoms with Gasteiger partial charge in [-0.15, -0.1) is 0 Å². The van der Waals surface area contributed by atoms with Gasteiger partial charge in [0.25, 0.3) is 0 Å². The Balaban J connectivity index is 3.49. The lowest BCUT2D eigenvalue weighted by molar-refractivity contribution is 0.0696. The molecule has 0 aliphatic carbocycles. The standard InChI is InChI=1S/C9H8O4/c10-4-7-2-1-6(9(12)13)3-8(7)5-11/h1-5,10-11H,(H,12,13). The van der Waals surface area contributed by atoms with Crippen molar-refractivity contribution >= 4 is 18.5 Å².